The minimum absolute atomic E-state index is 0.429. The lowest BCUT2D eigenvalue weighted by molar-refractivity contribution is 0.548. The fourth-order valence-corrected chi connectivity index (χ4v) is 1.49. The normalized spacial score (nSPS) is 34.9. The third-order valence-corrected chi connectivity index (χ3v) is 2.10. The summed E-state index contributed by atoms with van der Waals surface area (Å²) in [6.45, 7) is 0. The number of hydrogen-bond donors (Lipinski definition) is 0. The highest BCUT2D eigenvalue weighted by molar-refractivity contribution is 5.61. The molecular weight excluding hydrogens is 134 g/mol. The molecule has 2 unspecified atom stereocenters. The molecule has 0 spiro atoms. The first-order valence-corrected chi connectivity index (χ1v) is 4.05. The van der Waals surface area contributed by atoms with Crippen molar-refractivity contribution in [1.29, 1.82) is 0 Å². The van der Waals surface area contributed by atoms with Crippen molar-refractivity contribution < 1.29 is 0 Å². The van der Waals surface area contributed by atoms with E-state index in [-0.39, 0.29) is 0 Å². The Bertz CT molecular complexity index is 213. The maximum absolute atomic E-state index is 4.42. The van der Waals surface area contributed by atoms with Gasteiger partial charge in [0, 0.05) is 5.92 Å². The number of fused-ring (bicyclic) bond motifs is 1. The molecule has 11 heavy (non-hydrogen) atoms. The van der Waals surface area contributed by atoms with Crippen LogP contribution in [0.2, 0.25) is 0 Å². The molecule has 1 heterocycles. The fourth-order valence-electron chi connectivity index (χ4n) is 1.49. The van der Waals surface area contributed by atoms with Gasteiger partial charge >= 0.3 is 0 Å². The van der Waals surface area contributed by atoms with Crippen molar-refractivity contribution in [2.75, 3.05) is 0 Å². The summed E-state index contributed by atoms with van der Waals surface area (Å²) < 4.78 is 0. The van der Waals surface area contributed by atoms with Gasteiger partial charge in [-0.15, -0.1) is 0 Å². The zero-order valence-corrected chi connectivity index (χ0v) is 6.40. The molecule has 0 bridgehead atoms. The predicted octanol–water partition coefficient (Wildman–Crippen LogP) is 2.04. The zero-order valence-electron chi connectivity index (χ0n) is 6.40. The third kappa shape index (κ3) is 1.42. The van der Waals surface area contributed by atoms with Gasteiger partial charge in [-0.2, -0.15) is 0 Å². The highest BCUT2D eigenvalue weighted by Crippen LogP contribution is 2.23. The molecule has 1 aliphatic heterocycles. The van der Waals surface area contributed by atoms with E-state index in [9.17, 15) is 0 Å². The van der Waals surface area contributed by atoms with E-state index in [0.717, 1.165) is 12.8 Å². The minimum atomic E-state index is 0.429. The van der Waals surface area contributed by atoms with Crippen molar-refractivity contribution in [3.05, 3.63) is 30.7 Å². The van der Waals surface area contributed by atoms with Gasteiger partial charge < -0.3 is 0 Å². The summed E-state index contributed by atoms with van der Waals surface area (Å²) in [6.07, 6.45) is 15.9. The molecule has 2 radical (unpaired) electrons. The van der Waals surface area contributed by atoms with Gasteiger partial charge in [-0.25, -0.2) is 0 Å². The standard InChI is InChI=1S/C10H11N/c1-2-5-9-6-4-8-11-10(9)7-3-1/h1-3,5,8-10H,4,7H2. The second-order valence-corrected chi connectivity index (χ2v) is 2.88. The van der Waals surface area contributed by atoms with E-state index in [0.29, 0.717) is 12.0 Å². The molecule has 0 aromatic heterocycles. The van der Waals surface area contributed by atoms with Crippen LogP contribution in [0.15, 0.2) is 29.3 Å². The zero-order chi connectivity index (χ0) is 7.52. The number of allylic oxidation sites excluding steroid dienone is 2. The number of aliphatic imine (C=N–C) groups is 1. The molecule has 0 aromatic carbocycles. The second-order valence-electron chi connectivity index (χ2n) is 2.88. The highest BCUT2D eigenvalue weighted by atomic mass is 14.8. The summed E-state index contributed by atoms with van der Waals surface area (Å²) in [5.74, 6) is 0.454. The van der Waals surface area contributed by atoms with Crippen molar-refractivity contribution in [3.8, 4) is 0 Å². The molecule has 0 N–H and O–H groups in total. The molecule has 0 amide bonds. The quantitative estimate of drug-likeness (QED) is 0.494. The summed E-state index contributed by atoms with van der Waals surface area (Å²) in [6, 6.07) is 0.429. The Labute approximate surface area is 67.5 Å². The molecule has 2 aliphatic rings. The van der Waals surface area contributed by atoms with E-state index in [1.807, 2.05) is 6.21 Å². The average Bonchev–Trinajstić information content (AvgIpc) is 2.28. The molecule has 0 saturated carbocycles. The molecule has 0 aromatic rings. The van der Waals surface area contributed by atoms with E-state index in [4.69, 9.17) is 0 Å². The Morgan fingerprint density at radius 2 is 2.36 bits per heavy atom. The summed E-state index contributed by atoms with van der Waals surface area (Å²) in [4.78, 5) is 4.42. The second kappa shape index (κ2) is 3.04. The summed E-state index contributed by atoms with van der Waals surface area (Å²) >= 11 is 0. The SMILES string of the molecule is [C]1CC=NC2CC=CC=CC12. The number of nitrogens with zero attached hydrogens (tertiary/aromatic N) is 1. The van der Waals surface area contributed by atoms with Crippen LogP contribution in [-0.4, -0.2) is 12.3 Å². The lowest BCUT2D eigenvalue weighted by atomic mass is 9.91. The van der Waals surface area contributed by atoms with Crippen LogP contribution in [0.5, 0.6) is 0 Å². The number of hydrogen-bond acceptors (Lipinski definition) is 1. The van der Waals surface area contributed by atoms with Gasteiger partial charge in [-0.1, -0.05) is 24.3 Å². The monoisotopic (exact) mass is 145 g/mol. The third-order valence-electron chi connectivity index (χ3n) is 2.10. The topological polar surface area (TPSA) is 12.4 Å². The molecule has 1 aliphatic carbocycles. The van der Waals surface area contributed by atoms with Crippen LogP contribution >= 0.6 is 0 Å². The van der Waals surface area contributed by atoms with E-state index in [1.165, 1.54) is 0 Å². The van der Waals surface area contributed by atoms with Crippen molar-refractivity contribution in [2.45, 2.75) is 18.9 Å². The van der Waals surface area contributed by atoms with Crippen LogP contribution in [0.25, 0.3) is 0 Å². The Morgan fingerprint density at radius 3 is 3.36 bits per heavy atom. The van der Waals surface area contributed by atoms with E-state index in [2.05, 4.69) is 35.7 Å². The van der Waals surface area contributed by atoms with Crippen molar-refractivity contribution >= 4 is 6.21 Å². The van der Waals surface area contributed by atoms with Crippen LogP contribution in [0.1, 0.15) is 12.8 Å². The van der Waals surface area contributed by atoms with Gasteiger partial charge in [-0.3, -0.25) is 4.99 Å². The van der Waals surface area contributed by atoms with Crippen LogP contribution in [-0.2, 0) is 0 Å². The highest BCUT2D eigenvalue weighted by Gasteiger charge is 2.20. The van der Waals surface area contributed by atoms with Gasteiger partial charge in [0.2, 0.25) is 0 Å². The smallest absolute Gasteiger partial charge is 0.0598 e. The summed E-state index contributed by atoms with van der Waals surface area (Å²) in [7, 11) is 0. The van der Waals surface area contributed by atoms with Crippen molar-refractivity contribution in [1.82, 2.24) is 0 Å². The Hall–Kier alpha value is -0.850. The molecule has 56 valence electrons. The maximum atomic E-state index is 4.42. The Morgan fingerprint density at radius 1 is 1.36 bits per heavy atom. The van der Waals surface area contributed by atoms with Crippen LogP contribution in [0, 0.1) is 12.3 Å². The lowest BCUT2D eigenvalue weighted by Gasteiger charge is -2.21. The largest absolute Gasteiger partial charge is 0.293 e. The van der Waals surface area contributed by atoms with Gasteiger partial charge in [0.25, 0.3) is 0 Å². The Balaban J connectivity index is 2.17. The first kappa shape index (κ1) is 6.84. The number of rotatable bonds is 0. The predicted molar refractivity (Wildman–Crippen MR) is 46.5 cm³/mol. The fraction of sp³-hybridized carbons (Fsp3) is 0.400. The van der Waals surface area contributed by atoms with Crippen LogP contribution in [0.3, 0.4) is 0 Å². The molecule has 2 atom stereocenters. The van der Waals surface area contributed by atoms with Gasteiger partial charge in [-0.05, 0) is 25.5 Å². The Kier molecular flexibility index (Phi) is 1.89. The summed E-state index contributed by atoms with van der Waals surface area (Å²) in [5.41, 5.74) is 0. The lowest BCUT2D eigenvalue weighted by Crippen LogP contribution is -2.20. The van der Waals surface area contributed by atoms with Crippen molar-refractivity contribution in [3.63, 3.8) is 0 Å². The van der Waals surface area contributed by atoms with Gasteiger partial charge in [0.15, 0.2) is 0 Å². The molecule has 1 nitrogen and oxygen atoms in total. The van der Waals surface area contributed by atoms with E-state index < -0.39 is 0 Å². The molecular formula is C10H11N. The molecule has 1 heteroatoms. The molecule has 0 saturated heterocycles. The van der Waals surface area contributed by atoms with Crippen LogP contribution in [0.4, 0.5) is 0 Å². The van der Waals surface area contributed by atoms with E-state index in [1.54, 1.807) is 0 Å². The first-order valence-electron chi connectivity index (χ1n) is 4.05. The van der Waals surface area contributed by atoms with Gasteiger partial charge in [0.05, 0.1) is 6.04 Å². The first-order chi connectivity index (χ1) is 5.47. The van der Waals surface area contributed by atoms with Crippen molar-refractivity contribution in [2.24, 2.45) is 10.9 Å². The molecule has 2 rings (SSSR count). The molecule has 0 fully saturated rings. The summed E-state index contributed by atoms with van der Waals surface area (Å²) in [5, 5.41) is 0. The van der Waals surface area contributed by atoms with E-state index >= 15 is 0 Å². The minimum Gasteiger partial charge on any atom is -0.293 e. The maximum Gasteiger partial charge on any atom is 0.0598 e. The average molecular weight is 145 g/mol. The van der Waals surface area contributed by atoms with Gasteiger partial charge in [0.1, 0.15) is 0 Å². The van der Waals surface area contributed by atoms with Crippen LogP contribution < -0.4 is 0 Å².